The number of allylic oxidation sites excluding steroid dienone is 4. The Morgan fingerprint density at radius 2 is 1.69 bits per heavy atom. The Morgan fingerprint density at radius 1 is 1.06 bits per heavy atom. The third kappa shape index (κ3) is 1.35. The van der Waals surface area contributed by atoms with Gasteiger partial charge in [0.2, 0.25) is 0 Å². The number of fused-ring (bicyclic) bond motifs is 1. The molecule has 0 aromatic heterocycles. The van der Waals surface area contributed by atoms with Crippen LogP contribution in [0.2, 0.25) is 0 Å². The molecule has 0 nitrogen and oxygen atoms in total. The quantitative estimate of drug-likeness (QED) is 0.538. The highest BCUT2D eigenvalue weighted by atomic mass is 14.6. The molecule has 2 rings (SSSR count). The van der Waals surface area contributed by atoms with E-state index in [0.717, 1.165) is 5.92 Å². The lowest BCUT2D eigenvalue weighted by atomic mass is 9.44. The van der Waals surface area contributed by atoms with Gasteiger partial charge in [0.25, 0.3) is 0 Å². The summed E-state index contributed by atoms with van der Waals surface area (Å²) in [5.41, 5.74) is 2.76. The smallest absolute Gasteiger partial charge is 0.00824 e. The molecule has 2 aliphatic carbocycles. The van der Waals surface area contributed by atoms with Gasteiger partial charge in [0, 0.05) is 0 Å². The Bertz CT molecular complexity index is 350. The summed E-state index contributed by atoms with van der Waals surface area (Å²) in [5.74, 6) is 0.781. The van der Waals surface area contributed by atoms with Gasteiger partial charge in [0.05, 0.1) is 0 Å². The van der Waals surface area contributed by atoms with Crippen LogP contribution in [0.1, 0.15) is 54.4 Å². The Kier molecular flexibility index (Phi) is 2.42. The fourth-order valence-corrected chi connectivity index (χ4v) is 3.67. The third-order valence-corrected chi connectivity index (χ3v) is 6.01. The zero-order valence-corrected chi connectivity index (χ0v) is 11.7. The van der Waals surface area contributed by atoms with E-state index in [0.29, 0.717) is 16.2 Å². The van der Waals surface area contributed by atoms with Crippen LogP contribution in [0.3, 0.4) is 0 Å². The molecule has 0 N–H and O–H groups in total. The second kappa shape index (κ2) is 3.24. The normalized spacial score (nSPS) is 34.1. The fourth-order valence-electron chi connectivity index (χ4n) is 3.67. The highest BCUT2D eigenvalue weighted by Gasteiger charge is 2.55. The molecule has 0 aromatic rings. The summed E-state index contributed by atoms with van der Waals surface area (Å²) in [6.45, 7) is 14.7. The van der Waals surface area contributed by atoms with Crippen molar-refractivity contribution >= 4 is 0 Å². The Labute approximate surface area is 101 Å². The lowest BCUT2D eigenvalue weighted by Crippen LogP contribution is -2.52. The highest BCUT2D eigenvalue weighted by molar-refractivity contribution is 5.32. The van der Waals surface area contributed by atoms with E-state index in [1.165, 1.54) is 12.8 Å². The van der Waals surface area contributed by atoms with Crippen molar-refractivity contribution < 1.29 is 0 Å². The second-order valence-corrected chi connectivity index (χ2v) is 7.32. The Morgan fingerprint density at radius 3 is 2.31 bits per heavy atom. The van der Waals surface area contributed by atoms with Gasteiger partial charge in [-0.25, -0.2) is 0 Å². The molecular weight excluding hydrogens is 192 g/mol. The fraction of sp³-hybridized carbons (Fsp3) is 0.750. The van der Waals surface area contributed by atoms with Crippen LogP contribution in [0.25, 0.3) is 0 Å². The van der Waals surface area contributed by atoms with E-state index in [4.69, 9.17) is 0 Å². The van der Waals surface area contributed by atoms with Gasteiger partial charge in [-0.1, -0.05) is 65.3 Å². The van der Waals surface area contributed by atoms with Gasteiger partial charge in [-0.05, 0) is 35.0 Å². The zero-order valence-electron chi connectivity index (χ0n) is 11.7. The van der Waals surface area contributed by atoms with E-state index in [-0.39, 0.29) is 0 Å². The maximum Gasteiger partial charge on any atom is -0.00824 e. The molecule has 16 heavy (non-hydrogen) atoms. The first-order valence-electron chi connectivity index (χ1n) is 6.57. The first-order valence-corrected chi connectivity index (χ1v) is 6.57. The van der Waals surface area contributed by atoms with E-state index in [9.17, 15) is 0 Å². The molecule has 0 radical (unpaired) electrons. The maximum absolute atomic E-state index is 2.45. The number of rotatable bonds is 0. The van der Waals surface area contributed by atoms with E-state index in [1.54, 1.807) is 5.57 Å². The van der Waals surface area contributed by atoms with Gasteiger partial charge < -0.3 is 0 Å². The van der Waals surface area contributed by atoms with Crippen LogP contribution in [0.4, 0.5) is 0 Å². The molecule has 90 valence electrons. The molecule has 0 heterocycles. The van der Waals surface area contributed by atoms with Crippen LogP contribution < -0.4 is 0 Å². The average molecular weight is 218 g/mol. The molecule has 2 aliphatic rings. The molecule has 1 atom stereocenters. The minimum atomic E-state index is 0.310. The topological polar surface area (TPSA) is 0 Å². The first-order chi connectivity index (χ1) is 7.20. The van der Waals surface area contributed by atoms with Crippen LogP contribution in [-0.4, -0.2) is 0 Å². The van der Waals surface area contributed by atoms with Crippen molar-refractivity contribution in [2.75, 3.05) is 0 Å². The van der Waals surface area contributed by atoms with Crippen molar-refractivity contribution in [3.8, 4) is 0 Å². The summed E-state index contributed by atoms with van der Waals surface area (Å²) < 4.78 is 0. The molecule has 0 aliphatic heterocycles. The molecular formula is C16H26. The van der Waals surface area contributed by atoms with Gasteiger partial charge in [-0.2, -0.15) is 0 Å². The average Bonchev–Trinajstić information content (AvgIpc) is 2.15. The highest BCUT2D eigenvalue weighted by Crippen LogP contribution is 2.64. The second-order valence-electron chi connectivity index (χ2n) is 7.32. The lowest BCUT2D eigenvalue weighted by molar-refractivity contribution is -0.0476. The van der Waals surface area contributed by atoms with E-state index in [2.05, 4.69) is 59.8 Å². The molecule has 0 spiro atoms. The van der Waals surface area contributed by atoms with Crippen molar-refractivity contribution in [3.05, 3.63) is 23.8 Å². The van der Waals surface area contributed by atoms with Crippen LogP contribution in [0, 0.1) is 22.2 Å². The Hall–Kier alpha value is -0.520. The molecule has 0 bridgehead atoms. The SMILES string of the molecule is CC1(C)CC2CC=CC=C2C(C)(C)C1(C)C. The first kappa shape index (κ1) is 12.0. The van der Waals surface area contributed by atoms with Crippen molar-refractivity contribution in [1.29, 1.82) is 0 Å². The van der Waals surface area contributed by atoms with Crippen molar-refractivity contribution in [2.45, 2.75) is 54.4 Å². The molecule has 0 heteroatoms. The summed E-state index contributed by atoms with van der Waals surface area (Å²) in [6.07, 6.45) is 9.54. The van der Waals surface area contributed by atoms with Crippen molar-refractivity contribution in [2.24, 2.45) is 22.2 Å². The van der Waals surface area contributed by atoms with Gasteiger partial charge in [0.1, 0.15) is 0 Å². The summed E-state index contributed by atoms with van der Waals surface area (Å²) in [6, 6.07) is 0. The molecule has 0 saturated heterocycles. The summed E-state index contributed by atoms with van der Waals surface area (Å²) >= 11 is 0. The van der Waals surface area contributed by atoms with Crippen LogP contribution in [0.5, 0.6) is 0 Å². The number of hydrogen-bond donors (Lipinski definition) is 0. The predicted molar refractivity (Wildman–Crippen MR) is 71.3 cm³/mol. The predicted octanol–water partition coefficient (Wildman–Crippen LogP) is 4.97. The molecule has 1 fully saturated rings. The Balaban J connectivity index is 2.52. The minimum Gasteiger partial charge on any atom is -0.0839 e. The van der Waals surface area contributed by atoms with Crippen LogP contribution in [-0.2, 0) is 0 Å². The monoisotopic (exact) mass is 218 g/mol. The summed E-state index contributed by atoms with van der Waals surface area (Å²) in [5, 5.41) is 0. The maximum atomic E-state index is 2.45. The largest absolute Gasteiger partial charge is 0.0839 e. The third-order valence-electron chi connectivity index (χ3n) is 6.01. The van der Waals surface area contributed by atoms with E-state index in [1.807, 2.05) is 0 Å². The van der Waals surface area contributed by atoms with Gasteiger partial charge in [-0.3, -0.25) is 0 Å². The molecule has 0 aromatic carbocycles. The molecule has 1 saturated carbocycles. The summed E-state index contributed by atoms with van der Waals surface area (Å²) in [4.78, 5) is 0. The molecule has 0 amide bonds. The number of hydrogen-bond acceptors (Lipinski definition) is 0. The standard InChI is InChI=1S/C16H26/c1-14(2)11-12-9-7-8-10-13(12)15(3,4)16(14,5)6/h7-8,10,12H,9,11H2,1-6H3. The van der Waals surface area contributed by atoms with Gasteiger partial charge >= 0.3 is 0 Å². The summed E-state index contributed by atoms with van der Waals surface area (Å²) in [7, 11) is 0. The van der Waals surface area contributed by atoms with Crippen molar-refractivity contribution in [1.82, 2.24) is 0 Å². The van der Waals surface area contributed by atoms with E-state index >= 15 is 0 Å². The van der Waals surface area contributed by atoms with E-state index < -0.39 is 0 Å². The minimum absolute atomic E-state index is 0.310. The van der Waals surface area contributed by atoms with Crippen molar-refractivity contribution in [3.63, 3.8) is 0 Å². The zero-order chi connectivity index (χ0) is 12.2. The lowest BCUT2D eigenvalue weighted by Gasteiger charge is -2.60. The van der Waals surface area contributed by atoms with Crippen LogP contribution >= 0.6 is 0 Å². The van der Waals surface area contributed by atoms with Crippen LogP contribution in [0.15, 0.2) is 23.8 Å². The van der Waals surface area contributed by atoms with Gasteiger partial charge in [-0.15, -0.1) is 0 Å². The van der Waals surface area contributed by atoms with Gasteiger partial charge in [0.15, 0.2) is 0 Å². The molecule has 1 unspecified atom stereocenters.